The van der Waals surface area contributed by atoms with Gasteiger partial charge in [0.05, 0.1) is 11.0 Å². The van der Waals surface area contributed by atoms with Crippen LogP contribution in [0.25, 0.3) is 0 Å². The Morgan fingerprint density at radius 1 is 1.55 bits per heavy atom. The first-order valence-electron chi connectivity index (χ1n) is 5.10. The third kappa shape index (κ3) is 4.48. The molecule has 0 aliphatic rings. The minimum atomic E-state index is -4.18. The van der Waals surface area contributed by atoms with Crippen molar-refractivity contribution in [2.45, 2.75) is 4.90 Å². The van der Waals surface area contributed by atoms with Crippen LogP contribution in [0.3, 0.4) is 0 Å². The molecule has 1 amide bonds. The lowest BCUT2D eigenvalue weighted by molar-refractivity contribution is -0.122. The number of sulfonamides is 1. The van der Waals surface area contributed by atoms with E-state index in [-0.39, 0.29) is 16.8 Å². The number of halogens is 2. The number of rotatable bonds is 5. The first-order chi connectivity index (χ1) is 9.25. The highest BCUT2D eigenvalue weighted by molar-refractivity contribution is 9.10. The van der Waals surface area contributed by atoms with Gasteiger partial charge in [-0.2, -0.15) is 0 Å². The van der Waals surface area contributed by atoms with E-state index in [1.165, 1.54) is 0 Å². The van der Waals surface area contributed by atoms with Crippen molar-refractivity contribution in [1.82, 2.24) is 5.32 Å². The maximum absolute atomic E-state index is 13.6. The Morgan fingerprint density at radius 3 is 2.75 bits per heavy atom. The lowest BCUT2D eigenvalue weighted by Gasteiger charge is -2.09. The van der Waals surface area contributed by atoms with E-state index >= 15 is 0 Å². The molecule has 1 aromatic rings. The molecule has 108 valence electrons. The highest BCUT2D eigenvalue weighted by Gasteiger charge is 2.18. The van der Waals surface area contributed by atoms with Gasteiger partial charge in [-0.15, -0.1) is 6.42 Å². The van der Waals surface area contributed by atoms with Crippen LogP contribution >= 0.6 is 15.9 Å². The number of ether oxygens (including phenoxy) is 1. The van der Waals surface area contributed by atoms with E-state index in [1.54, 1.807) is 0 Å². The Kier molecular flexibility index (Phi) is 5.50. The summed E-state index contributed by atoms with van der Waals surface area (Å²) in [5.41, 5.74) is 0. The topological polar surface area (TPSA) is 98.5 Å². The summed E-state index contributed by atoms with van der Waals surface area (Å²) in [7, 11) is -4.18. The lowest BCUT2D eigenvalue weighted by Crippen LogP contribution is -2.29. The van der Waals surface area contributed by atoms with Crippen molar-refractivity contribution in [1.29, 1.82) is 0 Å². The lowest BCUT2D eigenvalue weighted by atomic mass is 10.3. The van der Waals surface area contributed by atoms with Crippen molar-refractivity contribution in [2.24, 2.45) is 5.14 Å². The quantitative estimate of drug-likeness (QED) is 0.737. The number of benzene rings is 1. The Bertz CT molecular complexity index is 670. The average Bonchev–Trinajstić information content (AvgIpc) is 2.35. The number of amides is 1. The van der Waals surface area contributed by atoms with Crippen molar-refractivity contribution >= 4 is 31.9 Å². The maximum Gasteiger partial charge on any atom is 0.258 e. The minimum absolute atomic E-state index is 0.0363. The number of nitrogens with one attached hydrogen (secondary N) is 1. The Labute approximate surface area is 123 Å². The average molecular weight is 365 g/mol. The fraction of sp³-hybridized carbons (Fsp3) is 0.182. The molecule has 9 heteroatoms. The van der Waals surface area contributed by atoms with Crippen LogP contribution in [-0.4, -0.2) is 27.5 Å². The van der Waals surface area contributed by atoms with Gasteiger partial charge in [-0.3, -0.25) is 4.79 Å². The minimum Gasteiger partial charge on any atom is -0.482 e. The normalized spacial score (nSPS) is 10.7. The molecule has 0 fully saturated rings. The summed E-state index contributed by atoms with van der Waals surface area (Å²) in [6, 6.07) is 1.78. The number of carbonyl (C=O) groups is 1. The molecule has 3 N–H and O–H groups in total. The van der Waals surface area contributed by atoms with E-state index in [9.17, 15) is 17.6 Å². The zero-order chi connectivity index (χ0) is 15.3. The van der Waals surface area contributed by atoms with E-state index in [4.69, 9.17) is 16.3 Å². The molecule has 0 aliphatic heterocycles. The summed E-state index contributed by atoms with van der Waals surface area (Å²) in [5.74, 6) is 0.599. The largest absolute Gasteiger partial charge is 0.482 e. The van der Waals surface area contributed by atoms with Crippen molar-refractivity contribution < 1.29 is 22.3 Å². The highest BCUT2D eigenvalue weighted by Crippen LogP contribution is 2.29. The number of hydrogen-bond donors (Lipinski definition) is 2. The van der Waals surface area contributed by atoms with E-state index in [1.807, 2.05) is 0 Å². The Hall–Kier alpha value is -1.63. The highest BCUT2D eigenvalue weighted by atomic mass is 79.9. The molecule has 0 unspecified atom stereocenters. The molecule has 0 saturated heterocycles. The van der Waals surface area contributed by atoms with E-state index in [2.05, 4.69) is 27.2 Å². The molecule has 1 rings (SSSR count). The standard InChI is InChI=1S/C11H10BrFN2O4S/c1-2-3-15-11(16)6-19-9-5-8(13)10(4-7(9)12)20(14,17)18/h1,4-5H,3,6H2,(H,15,16)(H2,14,17,18). The van der Waals surface area contributed by atoms with Crippen LogP contribution in [0.2, 0.25) is 0 Å². The van der Waals surface area contributed by atoms with Gasteiger partial charge in [0, 0.05) is 6.07 Å². The summed E-state index contributed by atoms with van der Waals surface area (Å²) in [6.45, 7) is -0.351. The van der Waals surface area contributed by atoms with E-state index in [0.29, 0.717) is 0 Å². The molecule has 0 aromatic heterocycles. The summed E-state index contributed by atoms with van der Waals surface area (Å²) in [6.07, 6.45) is 4.95. The van der Waals surface area contributed by atoms with Gasteiger partial charge in [0.1, 0.15) is 16.5 Å². The number of nitrogens with two attached hydrogens (primary N) is 1. The van der Waals surface area contributed by atoms with Gasteiger partial charge in [-0.1, -0.05) is 5.92 Å². The number of hydrogen-bond acceptors (Lipinski definition) is 4. The van der Waals surface area contributed by atoms with Crippen LogP contribution < -0.4 is 15.2 Å². The molecule has 0 aliphatic carbocycles. The van der Waals surface area contributed by atoms with Gasteiger partial charge >= 0.3 is 0 Å². The fourth-order valence-corrected chi connectivity index (χ4v) is 2.41. The predicted octanol–water partition coefficient (Wildman–Crippen LogP) is 0.364. The predicted molar refractivity (Wildman–Crippen MR) is 72.8 cm³/mol. The second kappa shape index (κ2) is 6.69. The monoisotopic (exact) mass is 364 g/mol. The zero-order valence-electron chi connectivity index (χ0n) is 10.0. The number of carbonyl (C=O) groups excluding carboxylic acids is 1. The summed E-state index contributed by atoms with van der Waals surface area (Å²) in [4.78, 5) is 10.6. The Balaban J connectivity index is 2.87. The first kappa shape index (κ1) is 16.4. The summed E-state index contributed by atoms with van der Waals surface area (Å²) < 4.78 is 40.9. The maximum atomic E-state index is 13.6. The van der Waals surface area contributed by atoms with Gasteiger partial charge < -0.3 is 10.1 Å². The van der Waals surface area contributed by atoms with Crippen molar-refractivity contribution in [2.75, 3.05) is 13.2 Å². The molecular weight excluding hydrogens is 355 g/mol. The molecular formula is C11H10BrFN2O4S. The molecule has 0 spiro atoms. The second-order valence-corrected chi connectivity index (χ2v) is 5.91. The van der Waals surface area contributed by atoms with Gasteiger partial charge in [0.25, 0.3) is 5.91 Å². The van der Waals surface area contributed by atoms with Crippen LogP contribution in [0.15, 0.2) is 21.5 Å². The molecule has 20 heavy (non-hydrogen) atoms. The molecule has 0 heterocycles. The molecule has 0 atom stereocenters. The van der Waals surface area contributed by atoms with Crippen LogP contribution in [0.4, 0.5) is 4.39 Å². The van der Waals surface area contributed by atoms with Gasteiger partial charge in [-0.05, 0) is 22.0 Å². The third-order valence-electron chi connectivity index (χ3n) is 2.04. The van der Waals surface area contributed by atoms with Crippen molar-refractivity contribution in [3.63, 3.8) is 0 Å². The zero-order valence-corrected chi connectivity index (χ0v) is 12.4. The van der Waals surface area contributed by atoms with Crippen molar-refractivity contribution in [3.05, 3.63) is 22.4 Å². The van der Waals surface area contributed by atoms with Crippen LogP contribution in [-0.2, 0) is 14.8 Å². The van der Waals surface area contributed by atoms with Crippen LogP contribution in [0.5, 0.6) is 5.75 Å². The SMILES string of the molecule is C#CCNC(=O)COc1cc(F)c(S(N)(=O)=O)cc1Br. The fourth-order valence-electron chi connectivity index (χ4n) is 1.18. The van der Waals surface area contributed by atoms with E-state index in [0.717, 1.165) is 12.1 Å². The first-order valence-corrected chi connectivity index (χ1v) is 7.44. The summed E-state index contributed by atoms with van der Waals surface area (Å²) in [5, 5.41) is 7.19. The van der Waals surface area contributed by atoms with Crippen LogP contribution in [0.1, 0.15) is 0 Å². The molecule has 0 radical (unpaired) electrons. The third-order valence-corrected chi connectivity index (χ3v) is 3.58. The van der Waals surface area contributed by atoms with Gasteiger partial charge in [0.2, 0.25) is 10.0 Å². The number of terminal acetylenes is 1. The van der Waals surface area contributed by atoms with E-state index < -0.39 is 33.3 Å². The molecule has 0 bridgehead atoms. The summed E-state index contributed by atoms with van der Waals surface area (Å²) >= 11 is 3.00. The number of primary sulfonamides is 1. The van der Waals surface area contributed by atoms with Gasteiger partial charge in [0.15, 0.2) is 6.61 Å². The van der Waals surface area contributed by atoms with Crippen molar-refractivity contribution in [3.8, 4) is 18.1 Å². The van der Waals surface area contributed by atoms with Gasteiger partial charge in [-0.25, -0.2) is 17.9 Å². The smallest absolute Gasteiger partial charge is 0.258 e. The molecule has 0 saturated carbocycles. The van der Waals surface area contributed by atoms with Crippen LogP contribution in [0, 0.1) is 18.2 Å². The molecule has 6 nitrogen and oxygen atoms in total. The Morgan fingerprint density at radius 2 is 2.20 bits per heavy atom. The second-order valence-electron chi connectivity index (χ2n) is 3.53. The molecule has 1 aromatic carbocycles.